The fourth-order valence-electron chi connectivity index (χ4n) is 2.50. The Morgan fingerprint density at radius 1 is 0.706 bits per heavy atom. The molecular weight excluding hydrogens is 208 g/mol. The third-order valence-electron chi connectivity index (χ3n) is 3.88. The Bertz CT molecular complexity index is 156. The Kier molecular flexibility index (Phi) is 11.0. The molecule has 3 atom stereocenters. The fourth-order valence-corrected chi connectivity index (χ4v) is 2.50. The monoisotopic (exact) mass is 242 g/mol. The van der Waals surface area contributed by atoms with Crippen molar-refractivity contribution in [3.05, 3.63) is 0 Å². The maximum atomic E-state index is 8.95. The first-order chi connectivity index (χ1) is 8.10. The number of hydrogen-bond donors (Lipinski definition) is 1. The van der Waals surface area contributed by atoms with E-state index in [1.165, 1.54) is 51.4 Å². The summed E-state index contributed by atoms with van der Waals surface area (Å²) in [5.74, 6) is 2.28. The summed E-state index contributed by atoms with van der Waals surface area (Å²) in [6.45, 7) is 9.53. The molecule has 0 spiro atoms. The van der Waals surface area contributed by atoms with Crippen molar-refractivity contribution in [1.29, 1.82) is 0 Å². The van der Waals surface area contributed by atoms with E-state index in [9.17, 15) is 0 Å². The fraction of sp³-hybridized carbons (Fsp3) is 1.00. The maximum Gasteiger partial charge on any atom is 0.0456 e. The van der Waals surface area contributed by atoms with E-state index < -0.39 is 0 Å². The van der Waals surface area contributed by atoms with Crippen LogP contribution in [0.25, 0.3) is 0 Å². The molecular formula is C16H34O. The van der Waals surface area contributed by atoms with Crippen molar-refractivity contribution in [1.82, 2.24) is 0 Å². The van der Waals surface area contributed by atoms with Crippen LogP contribution in [0, 0.1) is 17.8 Å². The summed E-state index contributed by atoms with van der Waals surface area (Å²) < 4.78 is 0. The smallest absolute Gasteiger partial charge is 0.0456 e. The first-order valence-corrected chi connectivity index (χ1v) is 7.70. The van der Waals surface area contributed by atoms with Crippen LogP contribution in [-0.4, -0.2) is 11.7 Å². The molecule has 104 valence electrons. The van der Waals surface area contributed by atoms with Gasteiger partial charge in [-0.1, -0.05) is 72.6 Å². The molecule has 0 aliphatic heterocycles. The molecule has 0 saturated heterocycles. The van der Waals surface area contributed by atoms with E-state index in [0.717, 1.165) is 11.8 Å². The highest BCUT2D eigenvalue weighted by Gasteiger charge is 2.06. The number of rotatable bonds is 11. The molecule has 0 amide bonds. The molecule has 17 heavy (non-hydrogen) atoms. The van der Waals surface area contributed by atoms with Crippen molar-refractivity contribution in [2.75, 3.05) is 6.61 Å². The Morgan fingerprint density at radius 3 is 1.53 bits per heavy atom. The molecule has 0 bridgehead atoms. The van der Waals surface area contributed by atoms with E-state index in [4.69, 9.17) is 5.11 Å². The molecule has 0 saturated carbocycles. The second-order valence-corrected chi connectivity index (χ2v) is 6.15. The van der Waals surface area contributed by atoms with Crippen LogP contribution in [0.15, 0.2) is 0 Å². The van der Waals surface area contributed by atoms with Gasteiger partial charge in [-0.05, 0) is 24.2 Å². The molecule has 1 heteroatoms. The van der Waals surface area contributed by atoms with E-state index >= 15 is 0 Å². The lowest BCUT2D eigenvalue weighted by Gasteiger charge is -2.14. The Labute approximate surface area is 109 Å². The van der Waals surface area contributed by atoms with Gasteiger partial charge < -0.3 is 5.11 Å². The van der Waals surface area contributed by atoms with Crippen molar-refractivity contribution < 1.29 is 5.11 Å². The van der Waals surface area contributed by atoms with E-state index in [1.807, 2.05) is 0 Å². The molecule has 0 aromatic rings. The predicted octanol–water partition coefficient (Wildman–Crippen LogP) is 5.03. The summed E-state index contributed by atoms with van der Waals surface area (Å²) >= 11 is 0. The first kappa shape index (κ1) is 17.0. The molecule has 0 aromatic carbocycles. The SMILES string of the molecule is CCC[C@@H](C)CCC[C@@H](C)CCC[C@@H](C)CO. The minimum Gasteiger partial charge on any atom is -0.396 e. The van der Waals surface area contributed by atoms with E-state index in [-0.39, 0.29) is 0 Å². The topological polar surface area (TPSA) is 20.2 Å². The third-order valence-corrected chi connectivity index (χ3v) is 3.88. The van der Waals surface area contributed by atoms with Gasteiger partial charge in [-0.2, -0.15) is 0 Å². The van der Waals surface area contributed by atoms with Crippen LogP contribution in [0.1, 0.15) is 79.1 Å². The standard InChI is InChI=1S/C16H34O/c1-5-8-14(2)9-6-10-15(3)11-7-12-16(4)13-17/h14-17H,5-13H2,1-4H3/t14-,15-,16-/m1/s1. The van der Waals surface area contributed by atoms with Crippen molar-refractivity contribution in [3.63, 3.8) is 0 Å². The minimum absolute atomic E-state index is 0.350. The molecule has 0 aliphatic carbocycles. The van der Waals surface area contributed by atoms with Crippen LogP contribution >= 0.6 is 0 Å². The van der Waals surface area contributed by atoms with Gasteiger partial charge >= 0.3 is 0 Å². The van der Waals surface area contributed by atoms with Crippen molar-refractivity contribution in [3.8, 4) is 0 Å². The number of aliphatic hydroxyl groups is 1. The number of aliphatic hydroxyl groups excluding tert-OH is 1. The maximum absolute atomic E-state index is 8.95. The Morgan fingerprint density at radius 2 is 1.12 bits per heavy atom. The molecule has 0 radical (unpaired) electrons. The van der Waals surface area contributed by atoms with Crippen LogP contribution in [0.2, 0.25) is 0 Å². The van der Waals surface area contributed by atoms with Gasteiger partial charge in [-0.3, -0.25) is 0 Å². The van der Waals surface area contributed by atoms with Gasteiger partial charge in [-0.25, -0.2) is 0 Å². The predicted molar refractivity (Wildman–Crippen MR) is 77.2 cm³/mol. The average Bonchev–Trinajstić information content (AvgIpc) is 2.29. The third kappa shape index (κ3) is 10.8. The zero-order chi connectivity index (χ0) is 13.1. The lowest BCUT2D eigenvalue weighted by Crippen LogP contribution is -2.03. The first-order valence-electron chi connectivity index (χ1n) is 7.70. The summed E-state index contributed by atoms with van der Waals surface area (Å²) in [7, 11) is 0. The van der Waals surface area contributed by atoms with Crippen molar-refractivity contribution in [2.45, 2.75) is 79.1 Å². The highest BCUT2D eigenvalue weighted by molar-refractivity contribution is 4.59. The number of hydrogen-bond acceptors (Lipinski definition) is 1. The van der Waals surface area contributed by atoms with Crippen molar-refractivity contribution in [2.24, 2.45) is 17.8 Å². The zero-order valence-corrected chi connectivity index (χ0v) is 12.5. The molecule has 0 aliphatic rings. The quantitative estimate of drug-likeness (QED) is 0.539. The molecule has 0 aromatic heterocycles. The second kappa shape index (κ2) is 11.1. The molecule has 0 unspecified atom stereocenters. The van der Waals surface area contributed by atoms with Crippen LogP contribution in [0.5, 0.6) is 0 Å². The minimum atomic E-state index is 0.350. The lowest BCUT2D eigenvalue weighted by molar-refractivity contribution is 0.225. The molecule has 1 N–H and O–H groups in total. The summed E-state index contributed by atoms with van der Waals surface area (Å²) in [5, 5.41) is 8.95. The van der Waals surface area contributed by atoms with Crippen LogP contribution in [0.3, 0.4) is 0 Å². The summed E-state index contributed by atoms with van der Waals surface area (Å²) in [6, 6.07) is 0. The van der Waals surface area contributed by atoms with Gasteiger partial charge in [0.1, 0.15) is 0 Å². The highest BCUT2D eigenvalue weighted by atomic mass is 16.3. The summed E-state index contributed by atoms with van der Waals surface area (Å²) in [4.78, 5) is 0. The van der Waals surface area contributed by atoms with Gasteiger partial charge in [0, 0.05) is 6.61 Å². The Balaban J connectivity index is 3.37. The van der Waals surface area contributed by atoms with Gasteiger partial charge in [0.05, 0.1) is 0 Å². The second-order valence-electron chi connectivity index (χ2n) is 6.15. The van der Waals surface area contributed by atoms with Gasteiger partial charge in [0.2, 0.25) is 0 Å². The van der Waals surface area contributed by atoms with Crippen LogP contribution in [0.4, 0.5) is 0 Å². The van der Waals surface area contributed by atoms with E-state index in [0.29, 0.717) is 12.5 Å². The van der Waals surface area contributed by atoms with Gasteiger partial charge in [0.15, 0.2) is 0 Å². The van der Waals surface area contributed by atoms with Crippen LogP contribution in [-0.2, 0) is 0 Å². The summed E-state index contributed by atoms with van der Waals surface area (Å²) in [5.41, 5.74) is 0. The van der Waals surface area contributed by atoms with Crippen molar-refractivity contribution >= 4 is 0 Å². The average molecular weight is 242 g/mol. The lowest BCUT2D eigenvalue weighted by atomic mass is 9.92. The zero-order valence-electron chi connectivity index (χ0n) is 12.5. The van der Waals surface area contributed by atoms with E-state index in [1.54, 1.807) is 0 Å². The molecule has 0 heterocycles. The molecule has 0 rings (SSSR count). The van der Waals surface area contributed by atoms with Gasteiger partial charge in [-0.15, -0.1) is 0 Å². The van der Waals surface area contributed by atoms with Gasteiger partial charge in [0.25, 0.3) is 0 Å². The van der Waals surface area contributed by atoms with E-state index in [2.05, 4.69) is 27.7 Å². The summed E-state index contributed by atoms with van der Waals surface area (Å²) in [6.07, 6.45) is 10.7. The molecule has 0 fully saturated rings. The largest absolute Gasteiger partial charge is 0.396 e. The van der Waals surface area contributed by atoms with Crippen LogP contribution < -0.4 is 0 Å². The normalized spacial score (nSPS) is 16.8. The Hall–Kier alpha value is -0.0400. The highest BCUT2D eigenvalue weighted by Crippen LogP contribution is 2.20. The molecule has 1 nitrogen and oxygen atoms in total.